The number of rotatable bonds is 8. The van der Waals surface area contributed by atoms with Crippen molar-refractivity contribution < 1.29 is 10.2 Å². The van der Waals surface area contributed by atoms with Crippen LogP contribution in [0, 0.1) is 5.92 Å². The third-order valence-electron chi connectivity index (χ3n) is 3.08. The highest BCUT2D eigenvalue weighted by Gasteiger charge is 2.12. The van der Waals surface area contributed by atoms with Gasteiger partial charge in [-0.1, -0.05) is 33.6 Å². The summed E-state index contributed by atoms with van der Waals surface area (Å²) in [4.78, 5) is 0. The molecule has 2 atom stereocenters. The lowest BCUT2D eigenvalue weighted by atomic mass is 9.94. The Morgan fingerprint density at radius 3 is 1.79 bits per heavy atom. The largest absolute Gasteiger partial charge is 0.393 e. The summed E-state index contributed by atoms with van der Waals surface area (Å²) in [5.74, 6) is 0.739. The molecule has 2 N–H and O–H groups in total. The quantitative estimate of drug-likeness (QED) is 0.635. The van der Waals surface area contributed by atoms with Crippen molar-refractivity contribution >= 4 is 0 Å². The summed E-state index contributed by atoms with van der Waals surface area (Å²) in [7, 11) is 0. The van der Waals surface area contributed by atoms with Crippen molar-refractivity contribution in [2.75, 3.05) is 0 Å². The van der Waals surface area contributed by atoms with E-state index >= 15 is 0 Å². The van der Waals surface area contributed by atoms with E-state index in [0.717, 1.165) is 25.2 Å². The fourth-order valence-electron chi connectivity index (χ4n) is 1.72. The van der Waals surface area contributed by atoms with Gasteiger partial charge in [0.25, 0.3) is 0 Å². The molecule has 0 aromatic carbocycles. The van der Waals surface area contributed by atoms with E-state index in [1.165, 1.54) is 12.8 Å². The average Bonchev–Trinajstić information content (AvgIpc) is 2.19. The van der Waals surface area contributed by atoms with Gasteiger partial charge in [-0.15, -0.1) is 0 Å². The molecule has 0 rings (SSSR count). The first kappa shape index (κ1) is 13.9. The Morgan fingerprint density at radius 1 is 0.786 bits per heavy atom. The summed E-state index contributed by atoms with van der Waals surface area (Å²) in [5, 5.41) is 19.0. The predicted molar refractivity (Wildman–Crippen MR) is 60.2 cm³/mol. The maximum atomic E-state index is 9.63. The maximum Gasteiger partial charge on any atom is 0.0565 e. The van der Waals surface area contributed by atoms with E-state index in [4.69, 9.17) is 0 Å². The standard InChI is InChI=1S/C12H26O2/c1-4-10(5-2)7-8-12(14)9-11(13)6-3/h10-14H,4-9H2,1-3H3. The van der Waals surface area contributed by atoms with Crippen molar-refractivity contribution in [2.24, 2.45) is 5.92 Å². The molecule has 0 fully saturated rings. The fourth-order valence-corrected chi connectivity index (χ4v) is 1.72. The van der Waals surface area contributed by atoms with Crippen LogP contribution in [0.5, 0.6) is 0 Å². The molecule has 0 spiro atoms. The zero-order valence-corrected chi connectivity index (χ0v) is 9.87. The van der Waals surface area contributed by atoms with Crippen LogP contribution in [0.3, 0.4) is 0 Å². The molecule has 0 aliphatic carbocycles. The second-order valence-electron chi connectivity index (χ2n) is 4.21. The SMILES string of the molecule is CCC(O)CC(O)CCC(CC)CC. The molecule has 2 unspecified atom stereocenters. The maximum absolute atomic E-state index is 9.63. The Hall–Kier alpha value is -0.0800. The van der Waals surface area contributed by atoms with Gasteiger partial charge in [-0.05, 0) is 31.6 Å². The molecule has 0 aromatic rings. The van der Waals surface area contributed by atoms with Crippen LogP contribution < -0.4 is 0 Å². The van der Waals surface area contributed by atoms with E-state index in [2.05, 4.69) is 13.8 Å². The summed E-state index contributed by atoms with van der Waals surface area (Å²) < 4.78 is 0. The smallest absolute Gasteiger partial charge is 0.0565 e. The van der Waals surface area contributed by atoms with Crippen LogP contribution in [0.2, 0.25) is 0 Å². The van der Waals surface area contributed by atoms with Crippen molar-refractivity contribution in [3.05, 3.63) is 0 Å². The molecule has 0 aliphatic rings. The summed E-state index contributed by atoms with van der Waals surface area (Å²) >= 11 is 0. The molecule has 14 heavy (non-hydrogen) atoms. The monoisotopic (exact) mass is 202 g/mol. The first-order valence-corrected chi connectivity index (χ1v) is 6.00. The minimum atomic E-state index is -0.327. The van der Waals surface area contributed by atoms with E-state index in [1.807, 2.05) is 6.92 Å². The lowest BCUT2D eigenvalue weighted by molar-refractivity contribution is 0.0694. The van der Waals surface area contributed by atoms with E-state index in [1.54, 1.807) is 0 Å². The van der Waals surface area contributed by atoms with Crippen LogP contribution in [-0.4, -0.2) is 22.4 Å². The third-order valence-corrected chi connectivity index (χ3v) is 3.08. The average molecular weight is 202 g/mol. The van der Waals surface area contributed by atoms with Crippen LogP contribution in [-0.2, 0) is 0 Å². The zero-order chi connectivity index (χ0) is 11.0. The van der Waals surface area contributed by atoms with E-state index in [0.29, 0.717) is 6.42 Å². The van der Waals surface area contributed by atoms with Gasteiger partial charge >= 0.3 is 0 Å². The third kappa shape index (κ3) is 6.39. The van der Waals surface area contributed by atoms with Gasteiger partial charge in [0.1, 0.15) is 0 Å². The zero-order valence-electron chi connectivity index (χ0n) is 9.87. The molecular formula is C12H26O2. The molecule has 2 heteroatoms. The van der Waals surface area contributed by atoms with E-state index in [9.17, 15) is 10.2 Å². The number of hydrogen-bond donors (Lipinski definition) is 2. The van der Waals surface area contributed by atoms with Gasteiger partial charge in [0.2, 0.25) is 0 Å². The summed E-state index contributed by atoms with van der Waals surface area (Å²) in [6.45, 7) is 6.33. The van der Waals surface area contributed by atoms with Crippen molar-refractivity contribution in [1.29, 1.82) is 0 Å². The molecule has 0 aromatic heterocycles. The molecule has 0 saturated heterocycles. The van der Waals surface area contributed by atoms with Crippen molar-refractivity contribution in [1.82, 2.24) is 0 Å². The van der Waals surface area contributed by atoms with Crippen LogP contribution in [0.25, 0.3) is 0 Å². The molecule has 86 valence electrons. The van der Waals surface area contributed by atoms with Gasteiger partial charge in [0.15, 0.2) is 0 Å². The van der Waals surface area contributed by atoms with E-state index in [-0.39, 0.29) is 12.2 Å². The molecular weight excluding hydrogens is 176 g/mol. The van der Waals surface area contributed by atoms with Crippen LogP contribution in [0.15, 0.2) is 0 Å². The van der Waals surface area contributed by atoms with Gasteiger partial charge in [-0.2, -0.15) is 0 Å². The summed E-state index contributed by atoms with van der Waals surface area (Å²) in [5.41, 5.74) is 0. The van der Waals surface area contributed by atoms with Crippen LogP contribution in [0.4, 0.5) is 0 Å². The van der Waals surface area contributed by atoms with Crippen molar-refractivity contribution in [3.8, 4) is 0 Å². The molecule has 0 saturated carbocycles. The lowest BCUT2D eigenvalue weighted by Gasteiger charge is -2.17. The molecule has 2 nitrogen and oxygen atoms in total. The minimum Gasteiger partial charge on any atom is -0.393 e. The molecule has 0 heterocycles. The first-order chi connectivity index (χ1) is 6.63. The van der Waals surface area contributed by atoms with Crippen molar-refractivity contribution in [2.45, 2.75) is 71.5 Å². The lowest BCUT2D eigenvalue weighted by Crippen LogP contribution is -2.17. The Balaban J connectivity index is 3.56. The highest BCUT2D eigenvalue weighted by atomic mass is 16.3. The van der Waals surface area contributed by atoms with Gasteiger partial charge in [-0.25, -0.2) is 0 Å². The van der Waals surface area contributed by atoms with Crippen LogP contribution in [0.1, 0.15) is 59.3 Å². The molecule has 0 amide bonds. The van der Waals surface area contributed by atoms with Gasteiger partial charge in [0, 0.05) is 0 Å². The van der Waals surface area contributed by atoms with Gasteiger partial charge < -0.3 is 10.2 Å². The second kappa shape index (κ2) is 8.25. The predicted octanol–water partition coefficient (Wildman–Crippen LogP) is 2.72. The number of hydrogen-bond acceptors (Lipinski definition) is 2. The Bertz CT molecular complexity index is 121. The number of aliphatic hydroxyl groups excluding tert-OH is 2. The normalized spacial score (nSPS) is 15.9. The minimum absolute atomic E-state index is 0.314. The molecule has 0 radical (unpaired) electrons. The Labute approximate surface area is 88.3 Å². The second-order valence-corrected chi connectivity index (χ2v) is 4.21. The summed E-state index contributed by atoms with van der Waals surface area (Å²) in [6.07, 6.45) is 4.95. The van der Waals surface area contributed by atoms with Crippen LogP contribution >= 0.6 is 0 Å². The summed E-state index contributed by atoms with van der Waals surface area (Å²) in [6, 6.07) is 0. The number of aliphatic hydroxyl groups is 2. The Kier molecular flexibility index (Phi) is 8.20. The highest BCUT2D eigenvalue weighted by molar-refractivity contribution is 4.65. The van der Waals surface area contributed by atoms with Crippen molar-refractivity contribution in [3.63, 3.8) is 0 Å². The van der Waals surface area contributed by atoms with E-state index < -0.39 is 0 Å². The Morgan fingerprint density at radius 2 is 1.36 bits per heavy atom. The highest BCUT2D eigenvalue weighted by Crippen LogP contribution is 2.17. The molecule has 0 aliphatic heterocycles. The topological polar surface area (TPSA) is 40.5 Å². The first-order valence-electron chi connectivity index (χ1n) is 6.00. The van der Waals surface area contributed by atoms with Gasteiger partial charge in [-0.3, -0.25) is 0 Å². The fraction of sp³-hybridized carbons (Fsp3) is 1.00. The van der Waals surface area contributed by atoms with Gasteiger partial charge in [0.05, 0.1) is 12.2 Å². The molecule has 0 bridgehead atoms.